The van der Waals surface area contributed by atoms with Crippen LogP contribution in [0.3, 0.4) is 0 Å². The summed E-state index contributed by atoms with van der Waals surface area (Å²) in [6.45, 7) is 12.6. The molecule has 1 unspecified atom stereocenters. The second-order valence-electron chi connectivity index (χ2n) is 9.91. The number of halogens is 1. The summed E-state index contributed by atoms with van der Waals surface area (Å²) in [5.41, 5.74) is 11.3. The summed E-state index contributed by atoms with van der Waals surface area (Å²) in [5, 5.41) is 20.8. The third-order valence-electron chi connectivity index (χ3n) is 7.08. The zero-order chi connectivity index (χ0) is 27.8. The van der Waals surface area contributed by atoms with Gasteiger partial charge >= 0.3 is 0 Å². The average molecular weight is 533 g/mol. The molecule has 8 nitrogen and oxygen atoms in total. The highest BCUT2D eigenvalue weighted by atomic mass is 35.5. The van der Waals surface area contributed by atoms with Crippen LogP contribution in [0.1, 0.15) is 76.4 Å². The molecule has 4 rings (SSSR count). The second kappa shape index (κ2) is 10.6. The van der Waals surface area contributed by atoms with Crippen molar-refractivity contribution in [2.24, 2.45) is 0 Å². The highest BCUT2D eigenvalue weighted by Crippen LogP contribution is 2.47. The lowest BCUT2D eigenvalue weighted by Gasteiger charge is -2.38. The Balaban J connectivity index is 1.93. The molecule has 0 fully saturated rings. The Morgan fingerprint density at radius 1 is 1.24 bits per heavy atom. The maximum Gasteiger partial charge on any atom is 0.142 e. The fourth-order valence-corrected chi connectivity index (χ4v) is 5.21. The fourth-order valence-electron chi connectivity index (χ4n) is 4.96. The van der Waals surface area contributed by atoms with Crippen LogP contribution in [0.25, 0.3) is 16.7 Å². The van der Waals surface area contributed by atoms with E-state index >= 15 is 0 Å². The first-order valence-electron chi connectivity index (χ1n) is 12.7. The quantitative estimate of drug-likeness (QED) is 0.378. The van der Waals surface area contributed by atoms with E-state index in [1.54, 1.807) is 32.2 Å². The van der Waals surface area contributed by atoms with Gasteiger partial charge in [0.05, 0.1) is 34.5 Å². The number of nitrogens with zero attached hydrogens (tertiary/aromatic N) is 5. The van der Waals surface area contributed by atoms with Crippen LogP contribution in [-0.4, -0.2) is 33.2 Å². The number of nitrogens with two attached hydrogens (primary N) is 1. The Morgan fingerprint density at radius 3 is 2.55 bits per heavy atom. The number of benzene rings is 1. The molecular weight excluding hydrogens is 500 g/mol. The molecule has 0 bridgehead atoms. The second-order valence-corrected chi connectivity index (χ2v) is 10.3. The van der Waals surface area contributed by atoms with Gasteiger partial charge in [-0.3, -0.25) is 4.98 Å². The summed E-state index contributed by atoms with van der Waals surface area (Å²) >= 11 is 6.74. The highest BCUT2D eigenvalue weighted by molar-refractivity contribution is 6.32. The summed E-state index contributed by atoms with van der Waals surface area (Å²) in [7, 11) is 0. The Kier molecular flexibility index (Phi) is 7.63. The fraction of sp³-hybridized carbons (Fsp3) is 0.379. The molecule has 3 aromatic rings. The molecule has 3 N–H and O–H groups in total. The van der Waals surface area contributed by atoms with Crippen molar-refractivity contribution in [3.63, 3.8) is 0 Å². The topological polar surface area (TPSA) is 121 Å². The van der Waals surface area contributed by atoms with Crippen molar-refractivity contribution in [2.75, 3.05) is 23.8 Å². The number of allylic oxidation sites excluding steroid dienone is 1. The van der Waals surface area contributed by atoms with E-state index < -0.39 is 5.60 Å². The van der Waals surface area contributed by atoms with E-state index in [0.717, 1.165) is 28.9 Å². The first-order chi connectivity index (χ1) is 18.0. The van der Waals surface area contributed by atoms with E-state index in [2.05, 4.69) is 46.7 Å². The molecule has 0 radical (unpaired) electrons. The van der Waals surface area contributed by atoms with Gasteiger partial charge in [-0.1, -0.05) is 24.6 Å². The number of ether oxygens (including phenoxy) is 1. The van der Waals surface area contributed by atoms with Crippen LogP contribution < -0.4 is 15.4 Å². The molecule has 1 atom stereocenters. The molecule has 1 aliphatic heterocycles. The number of anilines is 2. The van der Waals surface area contributed by atoms with Crippen molar-refractivity contribution in [3.8, 4) is 22.9 Å². The van der Waals surface area contributed by atoms with E-state index in [4.69, 9.17) is 22.1 Å². The molecule has 0 saturated carbocycles. The molecule has 38 heavy (non-hydrogen) atoms. The van der Waals surface area contributed by atoms with Crippen molar-refractivity contribution in [1.29, 1.82) is 5.26 Å². The summed E-state index contributed by atoms with van der Waals surface area (Å²) in [4.78, 5) is 15.5. The molecule has 0 aliphatic carbocycles. The number of hydrogen-bond acceptors (Lipinski definition) is 8. The standard InChI is InChI=1S/C29H33ClN6O2/c1-7-18-14-36(28-24(16(18)3)27(32)34-15-35-28)17(4)20-11-22(30)21(12-31)25(26(20)38-8-2)19-9-10-23(33-13-19)29(5,6)37/h9-11,13,15,17,37H,7-8,14H2,1-6H3,(H2,32,34,35). The monoisotopic (exact) mass is 532 g/mol. The third-order valence-corrected chi connectivity index (χ3v) is 7.38. The van der Waals surface area contributed by atoms with Crippen molar-refractivity contribution in [1.82, 2.24) is 15.0 Å². The minimum atomic E-state index is -1.10. The molecule has 198 valence electrons. The Hall–Kier alpha value is -3.67. The molecule has 9 heteroatoms. The molecular formula is C29H33ClN6O2. The molecule has 2 aromatic heterocycles. The maximum atomic E-state index is 10.4. The number of nitriles is 1. The summed E-state index contributed by atoms with van der Waals surface area (Å²) in [6, 6.07) is 7.40. The molecule has 1 aliphatic rings. The predicted octanol–water partition coefficient (Wildman–Crippen LogP) is 6.04. The molecule has 0 saturated heterocycles. The zero-order valence-electron chi connectivity index (χ0n) is 22.6. The Morgan fingerprint density at radius 2 is 1.97 bits per heavy atom. The van der Waals surface area contributed by atoms with E-state index in [1.165, 1.54) is 11.9 Å². The lowest BCUT2D eigenvalue weighted by Crippen LogP contribution is -2.34. The van der Waals surface area contributed by atoms with Crippen LogP contribution in [0.2, 0.25) is 5.02 Å². The minimum absolute atomic E-state index is 0.230. The molecule has 0 spiro atoms. The van der Waals surface area contributed by atoms with Gasteiger partial charge in [0, 0.05) is 29.4 Å². The first-order valence-corrected chi connectivity index (χ1v) is 13.1. The van der Waals surface area contributed by atoms with Gasteiger partial charge in [-0.05, 0) is 64.3 Å². The van der Waals surface area contributed by atoms with E-state index in [9.17, 15) is 10.4 Å². The van der Waals surface area contributed by atoms with Gasteiger partial charge in [-0.25, -0.2) is 9.97 Å². The van der Waals surface area contributed by atoms with Crippen molar-refractivity contribution >= 4 is 28.8 Å². The van der Waals surface area contributed by atoms with E-state index in [0.29, 0.717) is 52.1 Å². The number of aliphatic hydroxyl groups is 1. The van der Waals surface area contributed by atoms with Gasteiger partial charge in [0.2, 0.25) is 0 Å². The van der Waals surface area contributed by atoms with Gasteiger partial charge < -0.3 is 20.5 Å². The molecule has 3 heterocycles. The van der Waals surface area contributed by atoms with Gasteiger partial charge in [0.25, 0.3) is 0 Å². The van der Waals surface area contributed by atoms with Gasteiger partial charge in [-0.15, -0.1) is 0 Å². The van der Waals surface area contributed by atoms with Crippen LogP contribution in [0.4, 0.5) is 11.6 Å². The predicted molar refractivity (Wildman–Crippen MR) is 151 cm³/mol. The average Bonchev–Trinajstić information content (AvgIpc) is 2.88. The van der Waals surface area contributed by atoms with Gasteiger partial charge in [0.1, 0.15) is 35.4 Å². The van der Waals surface area contributed by atoms with Crippen molar-refractivity contribution in [3.05, 3.63) is 63.7 Å². The normalized spacial score (nSPS) is 14.2. The number of nitrogen functional groups attached to an aromatic ring is 1. The number of aromatic nitrogens is 3. The molecule has 0 amide bonds. The van der Waals surface area contributed by atoms with Crippen LogP contribution >= 0.6 is 11.6 Å². The first kappa shape index (κ1) is 27.4. The van der Waals surface area contributed by atoms with Crippen LogP contribution in [-0.2, 0) is 5.60 Å². The highest BCUT2D eigenvalue weighted by Gasteiger charge is 2.32. The van der Waals surface area contributed by atoms with E-state index in [-0.39, 0.29) is 6.04 Å². The number of pyridine rings is 1. The summed E-state index contributed by atoms with van der Waals surface area (Å²) < 4.78 is 6.23. The lowest BCUT2D eigenvalue weighted by molar-refractivity contribution is 0.0739. The number of rotatable bonds is 7. The van der Waals surface area contributed by atoms with Crippen molar-refractivity contribution < 1.29 is 9.84 Å². The zero-order valence-corrected chi connectivity index (χ0v) is 23.4. The molecule has 1 aromatic carbocycles. The largest absolute Gasteiger partial charge is 0.493 e. The lowest BCUT2D eigenvalue weighted by atomic mass is 9.90. The van der Waals surface area contributed by atoms with Crippen LogP contribution in [0.15, 0.2) is 36.3 Å². The minimum Gasteiger partial charge on any atom is -0.493 e. The van der Waals surface area contributed by atoms with Crippen LogP contribution in [0.5, 0.6) is 5.75 Å². The third kappa shape index (κ3) is 4.80. The van der Waals surface area contributed by atoms with Crippen LogP contribution in [0, 0.1) is 11.3 Å². The smallest absolute Gasteiger partial charge is 0.142 e. The number of hydrogen-bond donors (Lipinski definition) is 2. The maximum absolute atomic E-state index is 10.4. The van der Waals surface area contributed by atoms with Crippen molar-refractivity contribution in [2.45, 2.75) is 59.6 Å². The summed E-state index contributed by atoms with van der Waals surface area (Å²) in [6.07, 6.45) is 3.98. The SMILES string of the molecule is CCOc1c(C(C)N2CC(CC)=C(C)c3c(N)ncnc32)cc(Cl)c(C#N)c1-c1ccc(C(C)(C)O)nc1. The Labute approximate surface area is 228 Å². The van der Waals surface area contributed by atoms with Gasteiger partial charge in [0.15, 0.2) is 0 Å². The Bertz CT molecular complexity index is 1440. The van der Waals surface area contributed by atoms with E-state index in [1.807, 2.05) is 13.0 Å². The van der Waals surface area contributed by atoms with Gasteiger partial charge in [-0.2, -0.15) is 5.26 Å². The number of fused-ring (bicyclic) bond motifs is 1. The summed E-state index contributed by atoms with van der Waals surface area (Å²) in [5.74, 6) is 1.75.